The molecule has 3 aliphatic rings. The van der Waals surface area contributed by atoms with E-state index < -0.39 is 47.8 Å². The molecule has 0 aromatic heterocycles. The first kappa shape index (κ1) is 22.4. The normalized spacial score (nSPS) is 33.5. The molecule has 3 rings (SSSR count). The molecule has 0 aromatic rings. The van der Waals surface area contributed by atoms with Crippen LogP contribution in [-0.4, -0.2) is 79.1 Å². The maximum absolute atomic E-state index is 14.0. The summed E-state index contributed by atoms with van der Waals surface area (Å²) in [7, 11) is 0. The molecule has 0 amide bonds. The third-order valence-electron chi connectivity index (χ3n) is 5.28. The zero-order chi connectivity index (χ0) is 21.2. The molecule has 0 saturated carbocycles. The SMILES string of the molecule is NC1C(/C(=N\COC[C@@]23CCCN2C[C@@H](F)C3)OCC(F)(F)F)=CN=C(Cl)C1F. The highest BCUT2D eigenvalue weighted by Crippen LogP contribution is 2.40. The zero-order valence-electron chi connectivity index (χ0n) is 15.5. The third kappa shape index (κ3) is 5.25. The Morgan fingerprint density at radius 2 is 2.17 bits per heavy atom. The van der Waals surface area contributed by atoms with E-state index in [4.69, 9.17) is 26.8 Å². The molecule has 2 saturated heterocycles. The van der Waals surface area contributed by atoms with Crippen LogP contribution in [0.2, 0.25) is 0 Å². The van der Waals surface area contributed by atoms with Gasteiger partial charge in [0.1, 0.15) is 18.1 Å². The van der Waals surface area contributed by atoms with Crippen molar-refractivity contribution in [1.29, 1.82) is 0 Å². The summed E-state index contributed by atoms with van der Waals surface area (Å²) in [6, 6.07) is -1.38. The minimum Gasteiger partial charge on any atom is -0.468 e. The quantitative estimate of drug-likeness (QED) is 0.296. The van der Waals surface area contributed by atoms with Gasteiger partial charge in [0.05, 0.1) is 18.2 Å². The van der Waals surface area contributed by atoms with Gasteiger partial charge in [0.25, 0.3) is 0 Å². The van der Waals surface area contributed by atoms with Gasteiger partial charge < -0.3 is 15.2 Å². The Kier molecular flexibility index (Phi) is 6.81. The van der Waals surface area contributed by atoms with Gasteiger partial charge in [0, 0.05) is 24.7 Å². The number of ether oxygens (including phenoxy) is 2. The average Bonchev–Trinajstić information content (AvgIpc) is 3.14. The molecule has 2 fully saturated rings. The lowest BCUT2D eigenvalue weighted by molar-refractivity contribution is -0.156. The number of hydrogen-bond acceptors (Lipinski definition) is 6. The first-order chi connectivity index (χ1) is 13.6. The fraction of sp³-hybridized carbons (Fsp3) is 0.765. The lowest BCUT2D eigenvalue weighted by Gasteiger charge is -2.31. The fourth-order valence-electron chi connectivity index (χ4n) is 3.95. The van der Waals surface area contributed by atoms with Crippen molar-refractivity contribution in [2.24, 2.45) is 15.7 Å². The van der Waals surface area contributed by atoms with Gasteiger partial charge >= 0.3 is 6.18 Å². The van der Waals surface area contributed by atoms with Crippen molar-refractivity contribution < 1.29 is 31.4 Å². The van der Waals surface area contributed by atoms with Crippen LogP contribution in [0.1, 0.15) is 19.3 Å². The number of fused-ring (bicyclic) bond motifs is 1. The smallest absolute Gasteiger partial charge is 0.422 e. The van der Waals surface area contributed by atoms with Crippen LogP contribution in [0.15, 0.2) is 21.8 Å². The predicted octanol–water partition coefficient (Wildman–Crippen LogP) is 2.71. The van der Waals surface area contributed by atoms with E-state index in [0.29, 0.717) is 13.0 Å². The Balaban J connectivity index is 1.67. The maximum atomic E-state index is 14.0. The standard InChI is InChI=1S/C17H22ClF5N4O2/c18-14-12(20)13(24)11(5-25-14)15(29-8-17(21,22)23)26-9-28-7-16-2-1-3-27(16)6-10(19)4-16/h5,10,12-13H,1-4,6-9,24H2/b26-15+/t10-,12?,13?,16-/m0/s1. The summed E-state index contributed by atoms with van der Waals surface area (Å²) >= 11 is 5.57. The molecule has 3 heterocycles. The first-order valence-electron chi connectivity index (χ1n) is 9.15. The molecule has 0 aromatic carbocycles. The van der Waals surface area contributed by atoms with Crippen LogP contribution >= 0.6 is 11.6 Å². The molecular weight excluding hydrogens is 423 g/mol. The second-order valence-corrected chi connectivity index (χ2v) is 7.77. The molecule has 0 radical (unpaired) electrons. The maximum Gasteiger partial charge on any atom is 0.422 e. The third-order valence-corrected chi connectivity index (χ3v) is 5.59. The molecule has 3 aliphatic heterocycles. The van der Waals surface area contributed by atoms with Gasteiger partial charge in [-0.1, -0.05) is 11.6 Å². The Labute approximate surface area is 169 Å². The Bertz CT molecular complexity index is 702. The number of hydrogen-bond donors (Lipinski definition) is 1. The van der Waals surface area contributed by atoms with Crippen LogP contribution in [0.25, 0.3) is 0 Å². The summed E-state index contributed by atoms with van der Waals surface area (Å²) in [5.41, 5.74) is 5.14. The average molecular weight is 445 g/mol. The van der Waals surface area contributed by atoms with Crippen molar-refractivity contribution in [3.8, 4) is 0 Å². The largest absolute Gasteiger partial charge is 0.468 e. The molecular formula is C17H22ClF5N4O2. The number of aliphatic imine (C=N–C) groups is 2. The van der Waals surface area contributed by atoms with Crippen molar-refractivity contribution in [3.05, 3.63) is 11.8 Å². The Morgan fingerprint density at radius 3 is 2.90 bits per heavy atom. The van der Waals surface area contributed by atoms with Gasteiger partial charge in [-0.15, -0.1) is 0 Å². The van der Waals surface area contributed by atoms with E-state index in [1.807, 2.05) is 4.90 Å². The minimum absolute atomic E-state index is 0.153. The van der Waals surface area contributed by atoms with Crippen molar-refractivity contribution in [1.82, 2.24) is 4.90 Å². The van der Waals surface area contributed by atoms with Gasteiger partial charge in [-0.25, -0.2) is 18.8 Å². The van der Waals surface area contributed by atoms with Gasteiger partial charge in [0.2, 0.25) is 5.90 Å². The molecule has 0 aliphatic carbocycles. The summed E-state index contributed by atoms with van der Waals surface area (Å²) in [6.45, 7) is -0.662. The van der Waals surface area contributed by atoms with Crippen LogP contribution in [0, 0.1) is 0 Å². The Morgan fingerprint density at radius 1 is 1.41 bits per heavy atom. The first-order valence-corrected chi connectivity index (χ1v) is 9.53. The van der Waals surface area contributed by atoms with Crippen molar-refractivity contribution >= 4 is 22.7 Å². The van der Waals surface area contributed by atoms with Crippen LogP contribution in [-0.2, 0) is 9.47 Å². The molecule has 164 valence electrons. The zero-order valence-corrected chi connectivity index (χ0v) is 16.2. The predicted molar refractivity (Wildman–Crippen MR) is 97.6 cm³/mol. The molecule has 2 N–H and O–H groups in total. The molecule has 2 unspecified atom stereocenters. The van der Waals surface area contributed by atoms with E-state index >= 15 is 0 Å². The van der Waals surface area contributed by atoms with E-state index in [0.717, 1.165) is 25.6 Å². The molecule has 0 bridgehead atoms. The second kappa shape index (κ2) is 8.83. The summed E-state index contributed by atoms with van der Waals surface area (Å²) < 4.78 is 75.7. The Hall–Kier alpha value is -1.30. The molecule has 6 nitrogen and oxygen atoms in total. The lowest BCUT2D eigenvalue weighted by Crippen LogP contribution is -2.43. The van der Waals surface area contributed by atoms with Crippen LogP contribution in [0.5, 0.6) is 0 Å². The van der Waals surface area contributed by atoms with Crippen LogP contribution < -0.4 is 5.73 Å². The second-order valence-electron chi connectivity index (χ2n) is 7.38. The van der Waals surface area contributed by atoms with E-state index in [1.165, 1.54) is 0 Å². The van der Waals surface area contributed by atoms with Gasteiger partial charge in [0.15, 0.2) is 12.8 Å². The minimum atomic E-state index is -4.62. The highest BCUT2D eigenvalue weighted by atomic mass is 35.5. The number of nitrogens with two attached hydrogens (primary N) is 1. The molecule has 29 heavy (non-hydrogen) atoms. The van der Waals surface area contributed by atoms with Crippen LogP contribution in [0.4, 0.5) is 22.0 Å². The molecule has 0 spiro atoms. The summed E-state index contributed by atoms with van der Waals surface area (Å²) in [5, 5.41) is -0.407. The summed E-state index contributed by atoms with van der Waals surface area (Å²) in [4.78, 5) is 9.50. The van der Waals surface area contributed by atoms with Gasteiger partial charge in [-0.3, -0.25) is 4.90 Å². The summed E-state index contributed by atoms with van der Waals surface area (Å²) in [6.07, 6.45) is -4.36. The van der Waals surface area contributed by atoms with E-state index in [2.05, 4.69) is 9.98 Å². The highest BCUT2D eigenvalue weighted by Gasteiger charge is 2.48. The number of halogens is 6. The number of nitrogens with zero attached hydrogens (tertiary/aromatic N) is 3. The summed E-state index contributed by atoms with van der Waals surface area (Å²) in [5.74, 6) is -0.513. The highest BCUT2D eigenvalue weighted by molar-refractivity contribution is 6.66. The monoisotopic (exact) mass is 444 g/mol. The van der Waals surface area contributed by atoms with Crippen molar-refractivity contribution in [2.75, 3.05) is 33.0 Å². The van der Waals surface area contributed by atoms with Gasteiger partial charge in [-0.05, 0) is 19.4 Å². The number of rotatable bonds is 6. The van der Waals surface area contributed by atoms with Crippen molar-refractivity contribution in [3.63, 3.8) is 0 Å². The lowest BCUT2D eigenvalue weighted by atomic mass is 9.95. The molecule has 12 heteroatoms. The molecule has 4 atom stereocenters. The topological polar surface area (TPSA) is 72.4 Å². The number of alkyl halides is 5. The van der Waals surface area contributed by atoms with Crippen molar-refractivity contribution in [2.45, 2.75) is 49.4 Å². The van der Waals surface area contributed by atoms with E-state index in [1.54, 1.807) is 0 Å². The van der Waals surface area contributed by atoms with Gasteiger partial charge in [-0.2, -0.15) is 13.2 Å². The van der Waals surface area contributed by atoms with E-state index in [-0.39, 0.29) is 18.9 Å². The fourth-order valence-corrected chi connectivity index (χ4v) is 4.14. The van der Waals surface area contributed by atoms with Crippen LogP contribution in [0.3, 0.4) is 0 Å². The van der Waals surface area contributed by atoms with E-state index in [9.17, 15) is 22.0 Å².